The molecule has 1 heterocycles. The van der Waals surface area contributed by atoms with Crippen molar-refractivity contribution in [3.63, 3.8) is 0 Å². The van der Waals surface area contributed by atoms with E-state index in [0.717, 1.165) is 18.8 Å². The van der Waals surface area contributed by atoms with Gasteiger partial charge in [0.05, 0.1) is 21.3 Å². The summed E-state index contributed by atoms with van der Waals surface area (Å²) in [6, 6.07) is 4.01. The first-order chi connectivity index (χ1) is 8.30. The van der Waals surface area contributed by atoms with Crippen LogP contribution in [0.4, 0.5) is 5.69 Å². The van der Waals surface area contributed by atoms with Crippen LogP contribution >= 0.6 is 0 Å². The molecule has 0 saturated carbocycles. The average Bonchev–Trinajstić information content (AvgIpc) is 2.90. The lowest BCUT2D eigenvalue weighted by Crippen LogP contribution is -2.17. The molecule has 0 spiro atoms. The van der Waals surface area contributed by atoms with E-state index in [-0.39, 0.29) is 0 Å². The minimum atomic E-state index is 0.651. The molecule has 1 aliphatic rings. The lowest BCUT2D eigenvalue weighted by atomic mass is 10.2. The second-order valence-electron chi connectivity index (χ2n) is 4.08. The normalized spacial score (nSPS) is 14.9. The molecule has 1 fully saturated rings. The van der Waals surface area contributed by atoms with E-state index in [4.69, 9.17) is 14.2 Å². The third-order valence-electron chi connectivity index (χ3n) is 3.12. The molecule has 0 amide bonds. The van der Waals surface area contributed by atoms with Gasteiger partial charge in [-0.1, -0.05) is 0 Å². The molecular weight excluding hydrogens is 218 g/mol. The molecule has 0 bridgehead atoms. The van der Waals surface area contributed by atoms with Gasteiger partial charge in [-0.2, -0.15) is 0 Å². The molecule has 1 saturated heterocycles. The van der Waals surface area contributed by atoms with Gasteiger partial charge in [-0.15, -0.1) is 0 Å². The van der Waals surface area contributed by atoms with Crippen molar-refractivity contribution in [3.8, 4) is 17.2 Å². The third kappa shape index (κ3) is 2.25. The van der Waals surface area contributed by atoms with Crippen LogP contribution in [0.3, 0.4) is 0 Å². The Hall–Kier alpha value is -1.58. The number of anilines is 1. The van der Waals surface area contributed by atoms with Crippen LogP contribution in [0, 0.1) is 0 Å². The van der Waals surface area contributed by atoms with Gasteiger partial charge in [0.2, 0.25) is 5.75 Å². The summed E-state index contributed by atoms with van der Waals surface area (Å²) in [4.78, 5) is 2.34. The Kier molecular flexibility index (Phi) is 3.61. The van der Waals surface area contributed by atoms with E-state index in [2.05, 4.69) is 4.90 Å². The van der Waals surface area contributed by atoms with E-state index in [9.17, 15) is 0 Å². The van der Waals surface area contributed by atoms with Gasteiger partial charge in [-0.25, -0.2) is 0 Å². The molecule has 94 valence electrons. The molecular formula is C13H19NO3. The third-order valence-corrected chi connectivity index (χ3v) is 3.12. The standard InChI is InChI=1S/C13H19NO3/c1-15-11-8-10(14-6-4-5-7-14)9-12(16-2)13(11)17-3/h8-9H,4-7H2,1-3H3. The van der Waals surface area contributed by atoms with Gasteiger partial charge >= 0.3 is 0 Å². The quantitative estimate of drug-likeness (QED) is 0.804. The average molecular weight is 237 g/mol. The van der Waals surface area contributed by atoms with Gasteiger partial charge in [-0.3, -0.25) is 0 Å². The second kappa shape index (κ2) is 5.17. The minimum Gasteiger partial charge on any atom is -0.493 e. The minimum absolute atomic E-state index is 0.651. The summed E-state index contributed by atoms with van der Waals surface area (Å²) in [6.07, 6.45) is 2.49. The SMILES string of the molecule is COc1cc(N2CCCC2)cc(OC)c1OC. The van der Waals surface area contributed by atoms with Crippen LogP contribution in [0.2, 0.25) is 0 Å². The summed E-state index contributed by atoms with van der Waals surface area (Å²) in [7, 11) is 4.91. The summed E-state index contributed by atoms with van der Waals surface area (Å²) >= 11 is 0. The van der Waals surface area contributed by atoms with E-state index < -0.39 is 0 Å². The molecule has 0 aliphatic carbocycles. The summed E-state index contributed by atoms with van der Waals surface area (Å²) < 4.78 is 16.0. The second-order valence-corrected chi connectivity index (χ2v) is 4.08. The first-order valence-corrected chi connectivity index (χ1v) is 5.85. The summed E-state index contributed by atoms with van der Waals surface area (Å²) in [5.74, 6) is 2.08. The molecule has 2 rings (SSSR count). The van der Waals surface area contributed by atoms with Crippen LogP contribution in [0.1, 0.15) is 12.8 Å². The molecule has 1 aliphatic heterocycles. The van der Waals surface area contributed by atoms with Crippen molar-refractivity contribution in [2.45, 2.75) is 12.8 Å². The molecule has 1 aromatic carbocycles. The number of hydrogen-bond donors (Lipinski definition) is 0. The van der Waals surface area contributed by atoms with E-state index >= 15 is 0 Å². The predicted molar refractivity (Wildman–Crippen MR) is 67.5 cm³/mol. The van der Waals surface area contributed by atoms with Gasteiger partial charge in [0.1, 0.15) is 0 Å². The van der Waals surface area contributed by atoms with Crippen LogP contribution < -0.4 is 19.1 Å². The molecule has 0 aromatic heterocycles. The zero-order chi connectivity index (χ0) is 12.3. The van der Waals surface area contributed by atoms with E-state index in [1.54, 1.807) is 21.3 Å². The Morgan fingerprint density at radius 2 is 1.41 bits per heavy atom. The number of hydrogen-bond acceptors (Lipinski definition) is 4. The first-order valence-electron chi connectivity index (χ1n) is 5.85. The Labute approximate surface area is 102 Å². The Bertz CT molecular complexity index is 361. The van der Waals surface area contributed by atoms with E-state index in [1.165, 1.54) is 12.8 Å². The van der Waals surface area contributed by atoms with Crippen LogP contribution in [-0.4, -0.2) is 34.4 Å². The van der Waals surface area contributed by atoms with Gasteiger partial charge in [0.15, 0.2) is 11.5 Å². The lowest BCUT2D eigenvalue weighted by molar-refractivity contribution is 0.324. The van der Waals surface area contributed by atoms with Crippen molar-refractivity contribution < 1.29 is 14.2 Å². The smallest absolute Gasteiger partial charge is 0.203 e. The maximum absolute atomic E-state index is 5.35. The van der Waals surface area contributed by atoms with Crippen molar-refractivity contribution >= 4 is 5.69 Å². The zero-order valence-corrected chi connectivity index (χ0v) is 10.7. The highest BCUT2D eigenvalue weighted by Gasteiger charge is 2.18. The molecule has 0 atom stereocenters. The van der Waals surface area contributed by atoms with E-state index in [1.807, 2.05) is 12.1 Å². The Morgan fingerprint density at radius 1 is 0.882 bits per heavy atom. The van der Waals surface area contributed by atoms with Crippen molar-refractivity contribution in [3.05, 3.63) is 12.1 Å². The summed E-state index contributed by atoms with van der Waals surface area (Å²) in [5.41, 5.74) is 1.14. The van der Waals surface area contributed by atoms with Crippen LogP contribution in [0.25, 0.3) is 0 Å². The number of methoxy groups -OCH3 is 3. The monoisotopic (exact) mass is 237 g/mol. The van der Waals surface area contributed by atoms with Crippen LogP contribution in [0.5, 0.6) is 17.2 Å². The van der Waals surface area contributed by atoms with Crippen molar-refractivity contribution in [2.24, 2.45) is 0 Å². The predicted octanol–water partition coefficient (Wildman–Crippen LogP) is 2.31. The summed E-state index contributed by atoms with van der Waals surface area (Å²) in [5, 5.41) is 0. The molecule has 0 unspecified atom stereocenters. The number of rotatable bonds is 4. The molecule has 4 heteroatoms. The fourth-order valence-corrected chi connectivity index (χ4v) is 2.23. The van der Waals surface area contributed by atoms with E-state index in [0.29, 0.717) is 17.2 Å². The molecule has 0 N–H and O–H groups in total. The van der Waals surface area contributed by atoms with Gasteiger partial charge in [0, 0.05) is 30.9 Å². The highest BCUT2D eigenvalue weighted by Crippen LogP contribution is 2.41. The Balaban J connectivity index is 2.40. The van der Waals surface area contributed by atoms with Crippen molar-refractivity contribution in [1.82, 2.24) is 0 Å². The van der Waals surface area contributed by atoms with Gasteiger partial charge in [-0.05, 0) is 12.8 Å². The van der Waals surface area contributed by atoms with Crippen molar-refractivity contribution in [2.75, 3.05) is 39.3 Å². The largest absolute Gasteiger partial charge is 0.493 e. The topological polar surface area (TPSA) is 30.9 Å². The molecule has 4 nitrogen and oxygen atoms in total. The first kappa shape index (κ1) is 11.9. The van der Waals surface area contributed by atoms with Gasteiger partial charge in [0.25, 0.3) is 0 Å². The number of ether oxygens (including phenoxy) is 3. The molecule has 17 heavy (non-hydrogen) atoms. The lowest BCUT2D eigenvalue weighted by Gasteiger charge is -2.21. The van der Waals surface area contributed by atoms with Gasteiger partial charge < -0.3 is 19.1 Å². The molecule has 0 radical (unpaired) electrons. The highest BCUT2D eigenvalue weighted by atomic mass is 16.5. The number of benzene rings is 1. The van der Waals surface area contributed by atoms with Crippen LogP contribution in [-0.2, 0) is 0 Å². The van der Waals surface area contributed by atoms with Crippen molar-refractivity contribution in [1.29, 1.82) is 0 Å². The van der Waals surface area contributed by atoms with Crippen LogP contribution in [0.15, 0.2) is 12.1 Å². The molecule has 1 aromatic rings. The fourth-order valence-electron chi connectivity index (χ4n) is 2.23. The Morgan fingerprint density at radius 3 is 1.82 bits per heavy atom. The summed E-state index contributed by atoms with van der Waals surface area (Å²) in [6.45, 7) is 2.19. The maximum Gasteiger partial charge on any atom is 0.203 e. The fraction of sp³-hybridized carbons (Fsp3) is 0.538. The highest BCUT2D eigenvalue weighted by molar-refractivity contribution is 5.63. The maximum atomic E-state index is 5.35. The zero-order valence-electron chi connectivity index (χ0n) is 10.7. The number of nitrogens with zero attached hydrogens (tertiary/aromatic N) is 1.